The van der Waals surface area contributed by atoms with Crippen molar-refractivity contribution in [2.24, 2.45) is 0 Å². The molecule has 0 N–H and O–H groups in total. The molecule has 2 aromatic carbocycles. The number of fused-ring (bicyclic) bond motifs is 2. The van der Waals surface area contributed by atoms with Gasteiger partial charge >= 0.3 is 0 Å². The lowest BCUT2D eigenvalue weighted by Gasteiger charge is -2.26. The van der Waals surface area contributed by atoms with Crippen molar-refractivity contribution in [3.05, 3.63) is 52.3 Å². The van der Waals surface area contributed by atoms with Gasteiger partial charge in [-0.1, -0.05) is 24.3 Å². The molecule has 0 unspecified atom stereocenters. The first-order valence-electron chi connectivity index (χ1n) is 8.12. The molecule has 1 saturated heterocycles. The van der Waals surface area contributed by atoms with E-state index >= 15 is 0 Å². The number of nitrogens with zero attached hydrogens (tertiary/aromatic N) is 3. The van der Waals surface area contributed by atoms with Gasteiger partial charge in [-0.3, -0.25) is 4.79 Å². The van der Waals surface area contributed by atoms with E-state index in [-0.39, 0.29) is 5.78 Å². The number of anilines is 1. The molecule has 118 valence electrons. The quantitative estimate of drug-likeness (QED) is 0.497. The molecular weight excluding hydrogens is 366 g/mol. The molecule has 0 spiro atoms. The highest BCUT2D eigenvalue weighted by Crippen LogP contribution is 2.44. The lowest BCUT2D eigenvalue weighted by Crippen LogP contribution is -2.23. The minimum Gasteiger partial charge on any atom is -0.371 e. The van der Waals surface area contributed by atoms with Gasteiger partial charge in [0.1, 0.15) is 6.33 Å². The molecule has 4 nitrogen and oxygen atoms in total. The maximum atomic E-state index is 13.3. The van der Waals surface area contributed by atoms with Gasteiger partial charge in [-0.15, -0.1) is 0 Å². The van der Waals surface area contributed by atoms with Gasteiger partial charge < -0.3 is 4.90 Å². The number of halogens is 1. The van der Waals surface area contributed by atoms with E-state index in [9.17, 15) is 4.79 Å². The van der Waals surface area contributed by atoms with Crippen molar-refractivity contribution >= 4 is 38.3 Å². The molecule has 1 aromatic heterocycles. The summed E-state index contributed by atoms with van der Waals surface area (Å²) in [4.78, 5) is 24.5. The third-order valence-corrected chi connectivity index (χ3v) is 5.55. The highest BCUT2D eigenvalue weighted by molar-refractivity contribution is 9.10. The lowest BCUT2D eigenvalue weighted by atomic mass is 9.85. The average Bonchev–Trinajstić information content (AvgIpc) is 3.15. The van der Waals surface area contributed by atoms with Gasteiger partial charge in [-0.05, 0) is 34.8 Å². The van der Waals surface area contributed by atoms with Crippen LogP contribution in [0.4, 0.5) is 5.69 Å². The Morgan fingerprint density at radius 2 is 1.79 bits per heavy atom. The van der Waals surface area contributed by atoms with Gasteiger partial charge in [-0.2, -0.15) is 0 Å². The van der Waals surface area contributed by atoms with Crippen LogP contribution in [0.1, 0.15) is 28.8 Å². The van der Waals surface area contributed by atoms with Crippen molar-refractivity contribution in [3.8, 4) is 11.3 Å². The van der Waals surface area contributed by atoms with Gasteiger partial charge in [0.15, 0.2) is 5.78 Å². The van der Waals surface area contributed by atoms with E-state index in [4.69, 9.17) is 0 Å². The zero-order chi connectivity index (χ0) is 16.3. The Balaban J connectivity index is 1.94. The van der Waals surface area contributed by atoms with Crippen molar-refractivity contribution < 1.29 is 4.79 Å². The summed E-state index contributed by atoms with van der Waals surface area (Å²) in [6.07, 6.45) is 3.91. The van der Waals surface area contributed by atoms with Crippen LogP contribution in [0.25, 0.3) is 22.2 Å². The molecule has 0 atom stereocenters. The largest absolute Gasteiger partial charge is 0.371 e. The molecule has 24 heavy (non-hydrogen) atoms. The summed E-state index contributed by atoms with van der Waals surface area (Å²) in [5.74, 6) is 0.0762. The van der Waals surface area contributed by atoms with Gasteiger partial charge in [0.2, 0.25) is 0 Å². The van der Waals surface area contributed by atoms with E-state index in [0.717, 1.165) is 69.4 Å². The summed E-state index contributed by atoms with van der Waals surface area (Å²) in [6, 6.07) is 9.77. The number of carbonyl (C=O) groups is 1. The van der Waals surface area contributed by atoms with Crippen LogP contribution in [0.3, 0.4) is 0 Å². The van der Waals surface area contributed by atoms with Crippen LogP contribution < -0.4 is 4.90 Å². The van der Waals surface area contributed by atoms with Gasteiger partial charge in [0, 0.05) is 39.8 Å². The number of aromatic nitrogens is 2. The zero-order valence-electron chi connectivity index (χ0n) is 12.9. The summed E-state index contributed by atoms with van der Waals surface area (Å²) in [6.45, 7) is 1.98. The summed E-state index contributed by atoms with van der Waals surface area (Å²) in [7, 11) is 0. The lowest BCUT2D eigenvalue weighted by molar-refractivity contribution is 0.104. The minimum absolute atomic E-state index is 0.0762. The van der Waals surface area contributed by atoms with Crippen LogP contribution in [0.5, 0.6) is 0 Å². The standard InChI is InChI=1S/C19H14BrN3O/c20-13-9-14(23-7-3-4-8-23)15-16-17(21-10-22-18(13)16)11-5-1-2-6-12(11)19(15)24/h1-2,5-6,9-10H,3-4,7-8H2. The third-order valence-electron chi connectivity index (χ3n) is 4.94. The Bertz CT molecular complexity index is 1010. The molecule has 1 fully saturated rings. The number of hydrogen-bond donors (Lipinski definition) is 0. The SMILES string of the molecule is O=C1c2ccccc2-c2ncnc3c(Br)cc(N4CCCC4)c1c23. The van der Waals surface area contributed by atoms with Gasteiger partial charge in [-0.25, -0.2) is 9.97 Å². The van der Waals surface area contributed by atoms with E-state index < -0.39 is 0 Å². The second-order valence-electron chi connectivity index (χ2n) is 6.27. The molecule has 0 bridgehead atoms. The molecule has 3 aromatic rings. The summed E-state index contributed by atoms with van der Waals surface area (Å²) >= 11 is 3.65. The predicted molar refractivity (Wildman–Crippen MR) is 97.6 cm³/mol. The van der Waals surface area contributed by atoms with Crippen LogP contribution >= 0.6 is 15.9 Å². The van der Waals surface area contributed by atoms with Crippen molar-refractivity contribution in [2.75, 3.05) is 18.0 Å². The number of carbonyl (C=O) groups excluding carboxylic acids is 1. The summed E-state index contributed by atoms with van der Waals surface area (Å²) < 4.78 is 0.916. The Morgan fingerprint density at radius 1 is 1.04 bits per heavy atom. The fourth-order valence-electron chi connectivity index (χ4n) is 3.86. The predicted octanol–water partition coefficient (Wildman–Crippen LogP) is 4.20. The first-order valence-corrected chi connectivity index (χ1v) is 8.91. The first kappa shape index (κ1) is 14.1. The fourth-order valence-corrected chi connectivity index (χ4v) is 4.37. The van der Waals surface area contributed by atoms with E-state index in [0.29, 0.717) is 0 Å². The zero-order valence-corrected chi connectivity index (χ0v) is 14.5. The van der Waals surface area contributed by atoms with E-state index in [1.165, 1.54) is 0 Å². The Morgan fingerprint density at radius 3 is 2.58 bits per heavy atom. The van der Waals surface area contributed by atoms with Crippen molar-refractivity contribution in [1.29, 1.82) is 0 Å². The van der Waals surface area contributed by atoms with Crippen molar-refractivity contribution in [2.45, 2.75) is 12.8 Å². The van der Waals surface area contributed by atoms with Gasteiger partial charge in [0.05, 0.1) is 16.8 Å². The molecule has 1 aliphatic carbocycles. The smallest absolute Gasteiger partial charge is 0.196 e. The van der Waals surface area contributed by atoms with Crippen LogP contribution in [-0.4, -0.2) is 28.8 Å². The molecule has 2 aliphatic rings. The normalized spacial score (nSPS) is 15.9. The van der Waals surface area contributed by atoms with Crippen molar-refractivity contribution in [1.82, 2.24) is 9.97 Å². The van der Waals surface area contributed by atoms with Gasteiger partial charge in [0.25, 0.3) is 0 Å². The Labute approximate surface area is 147 Å². The second-order valence-corrected chi connectivity index (χ2v) is 7.12. The molecule has 0 saturated carbocycles. The highest BCUT2D eigenvalue weighted by atomic mass is 79.9. The summed E-state index contributed by atoms with van der Waals surface area (Å²) in [5.41, 5.74) is 5.04. The maximum absolute atomic E-state index is 13.3. The molecular formula is C19H14BrN3O. The number of benzene rings is 2. The Hall–Kier alpha value is -2.27. The van der Waals surface area contributed by atoms with Crippen molar-refractivity contribution in [3.63, 3.8) is 0 Å². The van der Waals surface area contributed by atoms with Crippen LogP contribution in [0.15, 0.2) is 41.1 Å². The van der Waals surface area contributed by atoms with E-state index in [1.807, 2.05) is 30.3 Å². The van der Waals surface area contributed by atoms with E-state index in [1.54, 1.807) is 6.33 Å². The van der Waals surface area contributed by atoms with Crippen LogP contribution in [0.2, 0.25) is 0 Å². The first-order chi connectivity index (χ1) is 11.8. The third kappa shape index (κ3) is 1.82. The highest BCUT2D eigenvalue weighted by Gasteiger charge is 2.32. The maximum Gasteiger partial charge on any atom is 0.196 e. The average molecular weight is 380 g/mol. The topological polar surface area (TPSA) is 46.1 Å². The Kier molecular flexibility index (Phi) is 3.00. The van der Waals surface area contributed by atoms with Crippen LogP contribution in [-0.2, 0) is 0 Å². The molecule has 1 aliphatic heterocycles. The minimum atomic E-state index is 0.0762. The summed E-state index contributed by atoms with van der Waals surface area (Å²) in [5, 5.41) is 0.873. The van der Waals surface area contributed by atoms with Crippen LogP contribution in [0, 0.1) is 0 Å². The second kappa shape index (κ2) is 5.11. The molecule has 0 amide bonds. The number of hydrogen-bond acceptors (Lipinski definition) is 4. The molecule has 2 heterocycles. The van der Waals surface area contributed by atoms with E-state index in [2.05, 4.69) is 30.8 Å². The monoisotopic (exact) mass is 379 g/mol. The number of rotatable bonds is 1. The molecule has 5 rings (SSSR count). The molecule has 5 heteroatoms. The number of ketones is 1. The fraction of sp³-hybridized carbons (Fsp3) is 0.211. The molecule has 0 radical (unpaired) electrons.